The summed E-state index contributed by atoms with van der Waals surface area (Å²) in [5.41, 5.74) is 5.37. The van der Waals surface area contributed by atoms with E-state index in [4.69, 9.17) is 0 Å². The molecule has 0 aliphatic heterocycles. The Labute approximate surface area is 150 Å². The Kier molecular flexibility index (Phi) is 4.97. The monoisotopic (exact) mass is 402 g/mol. The van der Waals surface area contributed by atoms with Gasteiger partial charge in [0, 0.05) is 23.3 Å². The number of nitrogens with zero attached hydrogens (tertiary/aromatic N) is 3. The number of hydrogen-bond donors (Lipinski definition) is 1. The van der Waals surface area contributed by atoms with Crippen molar-refractivity contribution in [2.75, 3.05) is 5.43 Å². The van der Waals surface area contributed by atoms with Gasteiger partial charge in [0.05, 0.1) is 20.6 Å². The van der Waals surface area contributed by atoms with Crippen molar-refractivity contribution in [1.82, 2.24) is 4.98 Å². The molecule has 0 amide bonds. The molecule has 2 aromatic carbocycles. The first-order chi connectivity index (χ1) is 11.6. The molecule has 1 N–H and O–H groups in total. The van der Waals surface area contributed by atoms with Crippen molar-refractivity contribution in [1.29, 1.82) is 0 Å². The van der Waals surface area contributed by atoms with E-state index in [0.29, 0.717) is 10.7 Å². The maximum absolute atomic E-state index is 10.8. The van der Waals surface area contributed by atoms with Crippen molar-refractivity contribution in [3.05, 3.63) is 74.1 Å². The summed E-state index contributed by atoms with van der Waals surface area (Å²) in [6, 6.07) is 16.1. The lowest BCUT2D eigenvalue weighted by molar-refractivity contribution is -0.384. The van der Waals surface area contributed by atoms with Crippen LogP contribution < -0.4 is 5.43 Å². The summed E-state index contributed by atoms with van der Waals surface area (Å²) in [6.45, 7) is 0. The van der Waals surface area contributed by atoms with Crippen LogP contribution >= 0.6 is 27.3 Å². The van der Waals surface area contributed by atoms with Gasteiger partial charge in [-0.15, -0.1) is 0 Å². The maximum atomic E-state index is 10.8. The summed E-state index contributed by atoms with van der Waals surface area (Å²) in [5, 5.41) is 15.5. The number of non-ortho nitro benzene ring substituents is 1. The number of hydrazone groups is 1. The van der Waals surface area contributed by atoms with Gasteiger partial charge in [-0.2, -0.15) is 5.10 Å². The van der Waals surface area contributed by atoms with Crippen molar-refractivity contribution in [2.45, 2.75) is 0 Å². The van der Waals surface area contributed by atoms with Crippen molar-refractivity contribution in [2.24, 2.45) is 5.10 Å². The molecular formula is C16H11BrN4O2S. The van der Waals surface area contributed by atoms with E-state index >= 15 is 0 Å². The number of aromatic nitrogens is 1. The molecule has 0 aliphatic rings. The Morgan fingerprint density at radius 1 is 1.21 bits per heavy atom. The van der Waals surface area contributed by atoms with Gasteiger partial charge in [0.2, 0.25) is 5.13 Å². The Balaban J connectivity index is 1.73. The number of rotatable bonds is 5. The second-order valence-corrected chi connectivity index (χ2v) is 7.05. The average molecular weight is 403 g/mol. The van der Waals surface area contributed by atoms with Crippen LogP contribution in [0.15, 0.2) is 63.5 Å². The largest absolute Gasteiger partial charge is 0.270 e. The van der Waals surface area contributed by atoms with Crippen molar-refractivity contribution in [3.63, 3.8) is 0 Å². The molecule has 0 fully saturated rings. The SMILES string of the molecule is O=[N+]([O-])c1cccc(/C=N/Nc2nc(-c3ccccc3)c(Br)s2)c1. The number of anilines is 1. The summed E-state index contributed by atoms with van der Waals surface area (Å²) < 4.78 is 0.904. The molecule has 0 saturated carbocycles. The number of halogens is 1. The predicted molar refractivity (Wildman–Crippen MR) is 99.6 cm³/mol. The minimum atomic E-state index is -0.436. The van der Waals surface area contributed by atoms with Crippen LogP contribution in [0.1, 0.15) is 5.56 Å². The molecule has 0 bridgehead atoms. The molecule has 0 saturated heterocycles. The number of nitro benzene ring substituents is 1. The molecule has 0 unspecified atom stereocenters. The summed E-state index contributed by atoms with van der Waals surface area (Å²) in [5.74, 6) is 0. The highest BCUT2D eigenvalue weighted by atomic mass is 79.9. The molecule has 3 aromatic rings. The summed E-state index contributed by atoms with van der Waals surface area (Å²) in [6.07, 6.45) is 1.52. The molecule has 0 aliphatic carbocycles. The predicted octanol–water partition coefficient (Wildman–Crippen LogP) is 4.93. The van der Waals surface area contributed by atoms with Crippen LogP contribution in [0.4, 0.5) is 10.8 Å². The molecule has 6 nitrogen and oxygen atoms in total. The average Bonchev–Trinajstić information content (AvgIpc) is 2.96. The first-order valence-corrected chi connectivity index (χ1v) is 8.50. The standard InChI is InChI=1S/C16H11BrN4O2S/c17-15-14(12-6-2-1-3-7-12)19-16(24-15)20-18-10-11-5-4-8-13(9-11)21(22)23/h1-10H,(H,19,20)/b18-10+. The summed E-state index contributed by atoms with van der Waals surface area (Å²) in [7, 11) is 0. The van der Waals surface area contributed by atoms with Gasteiger partial charge in [0.15, 0.2) is 0 Å². The third-order valence-corrected chi connectivity index (χ3v) is 4.70. The third kappa shape index (κ3) is 3.84. The van der Waals surface area contributed by atoms with E-state index < -0.39 is 4.92 Å². The fourth-order valence-corrected chi connectivity index (χ4v) is 3.45. The molecule has 24 heavy (non-hydrogen) atoms. The van der Waals surface area contributed by atoms with E-state index in [9.17, 15) is 10.1 Å². The third-order valence-electron chi connectivity index (χ3n) is 3.09. The molecule has 1 heterocycles. The number of hydrogen-bond acceptors (Lipinski definition) is 6. The molecule has 1 aromatic heterocycles. The van der Waals surface area contributed by atoms with E-state index in [1.54, 1.807) is 12.1 Å². The minimum absolute atomic E-state index is 0.0299. The Hall–Kier alpha value is -2.58. The lowest BCUT2D eigenvalue weighted by Crippen LogP contribution is -1.92. The van der Waals surface area contributed by atoms with Gasteiger partial charge < -0.3 is 0 Å². The highest BCUT2D eigenvalue weighted by Gasteiger charge is 2.10. The fraction of sp³-hybridized carbons (Fsp3) is 0. The fourth-order valence-electron chi connectivity index (χ4n) is 2.00. The van der Waals surface area contributed by atoms with Crippen molar-refractivity contribution in [3.8, 4) is 11.3 Å². The van der Waals surface area contributed by atoms with Crippen LogP contribution in [0.2, 0.25) is 0 Å². The highest BCUT2D eigenvalue weighted by Crippen LogP contribution is 2.35. The van der Waals surface area contributed by atoms with E-state index in [1.165, 1.54) is 29.7 Å². The second kappa shape index (κ2) is 7.33. The van der Waals surface area contributed by atoms with Crippen LogP contribution in [-0.4, -0.2) is 16.1 Å². The molecule has 0 radical (unpaired) electrons. The van der Waals surface area contributed by atoms with Gasteiger partial charge in [-0.25, -0.2) is 4.98 Å². The van der Waals surface area contributed by atoms with Gasteiger partial charge in [-0.1, -0.05) is 53.8 Å². The Bertz CT molecular complexity index is 896. The van der Waals surface area contributed by atoms with Crippen LogP contribution in [-0.2, 0) is 0 Å². The smallest absolute Gasteiger partial charge is 0.258 e. The number of nitro groups is 1. The van der Waals surface area contributed by atoms with E-state index in [2.05, 4.69) is 31.4 Å². The van der Waals surface area contributed by atoms with E-state index in [1.807, 2.05) is 30.3 Å². The number of thiazole rings is 1. The summed E-state index contributed by atoms with van der Waals surface area (Å²) in [4.78, 5) is 14.8. The zero-order chi connectivity index (χ0) is 16.9. The van der Waals surface area contributed by atoms with Crippen LogP contribution in [0.5, 0.6) is 0 Å². The molecule has 120 valence electrons. The first kappa shape index (κ1) is 16.3. The van der Waals surface area contributed by atoms with Gasteiger partial charge >= 0.3 is 0 Å². The second-order valence-electron chi connectivity index (χ2n) is 4.73. The minimum Gasteiger partial charge on any atom is -0.258 e. The van der Waals surface area contributed by atoms with Gasteiger partial charge in [-0.3, -0.25) is 15.5 Å². The van der Waals surface area contributed by atoms with E-state index in [-0.39, 0.29) is 5.69 Å². The number of benzene rings is 2. The molecular weight excluding hydrogens is 392 g/mol. The van der Waals surface area contributed by atoms with Crippen LogP contribution in [0, 0.1) is 10.1 Å². The lowest BCUT2D eigenvalue weighted by Gasteiger charge is -1.96. The van der Waals surface area contributed by atoms with Crippen LogP contribution in [0.25, 0.3) is 11.3 Å². The van der Waals surface area contributed by atoms with Crippen molar-refractivity contribution < 1.29 is 4.92 Å². The topological polar surface area (TPSA) is 80.4 Å². The first-order valence-electron chi connectivity index (χ1n) is 6.89. The zero-order valence-corrected chi connectivity index (χ0v) is 14.6. The highest BCUT2D eigenvalue weighted by molar-refractivity contribution is 9.11. The molecule has 3 rings (SSSR count). The molecule has 0 atom stereocenters. The van der Waals surface area contributed by atoms with Gasteiger partial charge in [0.25, 0.3) is 5.69 Å². The van der Waals surface area contributed by atoms with Crippen molar-refractivity contribution >= 4 is 44.3 Å². The molecule has 0 spiro atoms. The maximum Gasteiger partial charge on any atom is 0.270 e. The number of nitrogens with one attached hydrogen (secondary N) is 1. The van der Waals surface area contributed by atoms with Crippen LogP contribution in [0.3, 0.4) is 0 Å². The molecule has 8 heteroatoms. The Morgan fingerprint density at radius 2 is 2.00 bits per heavy atom. The lowest BCUT2D eigenvalue weighted by atomic mass is 10.2. The van der Waals surface area contributed by atoms with Gasteiger partial charge in [0.1, 0.15) is 0 Å². The normalized spacial score (nSPS) is 10.9. The quantitative estimate of drug-likeness (QED) is 0.372. The zero-order valence-electron chi connectivity index (χ0n) is 12.2. The van der Waals surface area contributed by atoms with Gasteiger partial charge in [-0.05, 0) is 15.9 Å². The summed E-state index contributed by atoms with van der Waals surface area (Å²) >= 11 is 4.93. The Morgan fingerprint density at radius 3 is 2.75 bits per heavy atom. The van der Waals surface area contributed by atoms with E-state index in [0.717, 1.165) is 15.0 Å².